The number of anilines is 1. The Morgan fingerprint density at radius 2 is 2.27 bits per heavy atom. The molecule has 3 rings (SSSR count). The van der Waals surface area contributed by atoms with E-state index in [1.54, 1.807) is 0 Å². The lowest BCUT2D eigenvalue weighted by Gasteiger charge is -2.44. The number of aryl methyl sites for hydroxylation is 1. The Labute approximate surface area is 130 Å². The Morgan fingerprint density at radius 3 is 2.95 bits per heavy atom. The van der Waals surface area contributed by atoms with Gasteiger partial charge in [0, 0.05) is 18.5 Å². The summed E-state index contributed by atoms with van der Waals surface area (Å²) in [5, 5.41) is 20.3. The lowest BCUT2D eigenvalue weighted by molar-refractivity contribution is -0.0378. The maximum atomic E-state index is 10.5. The molecule has 1 saturated heterocycles. The molecule has 0 amide bonds. The van der Waals surface area contributed by atoms with E-state index in [9.17, 15) is 10.2 Å². The highest BCUT2D eigenvalue weighted by molar-refractivity contribution is 5.75. The normalized spacial score (nSPS) is 25.8. The van der Waals surface area contributed by atoms with Crippen molar-refractivity contribution >= 4 is 17.1 Å². The zero-order chi connectivity index (χ0) is 15.7. The fourth-order valence-electron chi connectivity index (χ4n) is 3.41. The Kier molecular flexibility index (Phi) is 4.10. The highest BCUT2D eigenvalue weighted by Gasteiger charge is 2.42. The average Bonchev–Trinajstić information content (AvgIpc) is 2.92. The number of hydrogen-bond acceptors (Lipinski definition) is 5. The van der Waals surface area contributed by atoms with Gasteiger partial charge in [-0.1, -0.05) is 19.4 Å². The molecule has 2 N–H and O–H groups in total. The maximum absolute atomic E-state index is 10.5. The standard InChI is InChI=1S/C17H24N2O3/c1-3-6-17(11-20)7-8-19(10-15(17)21)16-18-13-9-12(2)4-5-14(13)22-16/h4-5,9,15,20-21H,3,6-8,10-11H2,1-2H3/t15?,17-/m1/s1. The van der Waals surface area contributed by atoms with Gasteiger partial charge in [-0.05, 0) is 37.5 Å². The number of aromatic nitrogens is 1. The van der Waals surface area contributed by atoms with Gasteiger partial charge in [-0.2, -0.15) is 4.98 Å². The zero-order valence-electron chi connectivity index (χ0n) is 13.2. The van der Waals surface area contributed by atoms with Crippen molar-refractivity contribution in [1.29, 1.82) is 0 Å². The summed E-state index contributed by atoms with van der Waals surface area (Å²) in [6.07, 6.45) is 1.98. The second kappa shape index (κ2) is 5.89. The van der Waals surface area contributed by atoms with Gasteiger partial charge in [0.25, 0.3) is 6.01 Å². The van der Waals surface area contributed by atoms with Gasteiger partial charge >= 0.3 is 0 Å². The average molecular weight is 304 g/mol. The number of aliphatic hydroxyl groups is 2. The van der Waals surface area contributed by atoms with Gasteiger partial charge in [-0.15, -0.1) is 0 Å². The molecule has 120 valence electrons. The molecule has 0 bridgehead atoms. The summed E-state index contributed by atoms with van der Waals surface area (Å²) >= 11 is 0. The van der Waals surface area contributed by atoms with Crippen LogP contribution in [0.1, 0.15) is 31.7 Å². The molecule has 2 atom stereocenters. The minimum Gasteiger partial charge on any atom is -0.423 e. The van der Waals surface area contributed by atoms with Gasteiger partial charge in [-0.25, -0.2) is 0 Å². The third-order valence-corrected chi connectivity index (χ3v) is 4.84. The number of β-amino-alcohol motifs (C(OH)–C–C–N with tert-alkyl or cyclic N) is 1. The molecular weight excluding hydrogens is 280 g/mol. The number of benzene rings is 1. The molecule has 1 fully saturated rings. The summed E-state index contributed by atoms with van der Waals surface area (Å²) in [7, 11) is 0. The molecule has 0 saturated carbocycles. The number of aliphatic hydroxyl groups excluding tert-OH is 2. The molecule has 0 aliphatic carbocycles. The molecule has 0 radical (unpaired) electrons. The van der Waals surface area contributed by atoms with Crippen LogP contribution in [-0.4, -0.2) is 41.0 Å². The van der Waals surface area contributed by atoms with Gasteiger partial charge in [-0.3, -0.25) is 0 Å². The van der Waals surface area contributed by atoms with Gasteiger partial charge in [0.05, 0.1) is 12.7 Å². The smallest absolute Gasteiger partial charge is 0.298 e. The number of hydrogen-bond donors (Lipinski definition) is 2. The summed E-state index contributed by atoms with van der Waals surface area (Å²) in [5.41, 5.74) is 2.38. The van der Waals surface area contributed by atoms with Crippen molar-refractivity contribution in [3.63, 3.8) is 0 Å². The van der Waals surface area contributed by atoms with E-state index in [1.807, 2.05) is 30.0 Å². The highest BCUT2D eigenvalue weighted by atomic mass is 16.4. The van der Waals surface area contributed by atoms with Crippen molar-refractivity contribution in [1.82, 2.24) is 4.98 Å². The Balaban J connectivity index is 1.81. The van der Waals surface area contributed by atoms with E-state index in [1.165, 1.54) is 0 Å². The van der Waals surface area contributed by atoms with Crippen molar-refractivity contribution in [2.45, 2.75) is 39.2 Å². The van der Waals surface area contributed by atoms with Crippen LogP contribution in [0.25, 0.3) is 11.1 Å². The van der Waals surface area contributed by atoms with Crippen LogP contribution in [0.2, 0.25) is 0 Å². The van der Waals surface area contributed by atoms with Crippen LogP contribution in [0, 0.1) is 12.3 Å². The minimum absolute atomic E-state index is 0.0304. The first-order valence-corrected chi connectivity index (χ1v) is 7.99. The first kappa shape index (κ1) is 15.3. The molecule has 1 aliphatic heterocycles. The fraction of sp³-hybridized carbons (Fsp3) is 0.588. The summed E-state index contributed by atoms with van der Waals surface area (Å²) in [4.78, 5) is 6.51. The van der Waals surface area contributed by atoms with Crippen molar-refractivity contribution < 1.29 is 14.6 Å². The Morgan fingerprint density at radius 1 is 1.45 bits per heavy atom. The number of oxazole rings is 1. The van der Waals surface area contributed by atoms with Gasteiger partial charge in [0.1, 0.15) is 5.52 Å². The molecule has 2 heterocycles. The lowest BCUT2D eigenvalue weighted by atomic mass is 9.73. The van der Waals surface area contributed by atoms with Crippen molar-refractivity contribution in [2.75, 3.05) is 24.6 Å². The minimum atomic E-state index is -0.567. The van der Waals surface area contributed by atoms with Crippen molar-refractivity contribution in [3.05, 3.63) is 23.8 Å². The highest BCUT2D eigenvalue weighted by Crippen LogP contribution is 2.37. The van der Waals surface area contributed by atoms with Crippen molar-refractivity contribution in [2.24, 2.45) is 5.41 Å². The first-order valence-electron chi connectivity index (χ1n) is 7.99. The largest absolute Gasteiger partial charge is 0.423 e. The molecule has 1 aromatic heterocycles. The number of rotatable bonds is 4. The molecule has 2 aromatic rings. The van der Waals surface area contributed by atoms with Crippen LogP contribution >= 0.6 is 0 Å². The monoisotopic (exact) mass is 304 g/mol. The van der Waals surface area contributed by atoms with Gasteiger partial charge in [0.15, 0.2) is 5.58 Å². The molecule has 1 aromatic carbocycles. The van der Waals surface area contributed by atoms with E-state index in [-0.39, 0.29) is 12.0 Å². The van der Waals surface area contributed by atoms with Crippen LogP contribution in [0.5, 0.6) is 0 Å². The fourth-order valence-corrected chi connectivity index (χ4v) is 3.41. The molecule has 22 heavy (non-hydrogen) atoms. The summed E-state index contributed by atoms with van der Waals surface area (Å²) in [6.45, 7) is 5.33. The zero-order valence-corrected chi connectivity index (χ0v) is 13.2. The maximum Gasteiger partial charge on any atom is 0.298 e. The van der Waals surface area contributed by atoms with Gasteiger partial charge < -0.3 is 19.5 Å². The number of fused-ring (bicyclic) bond motifs is 1. The molecule has 1 aliphatic rings. The van der Waals surface area contributed by atoms with E-state index in [4.69, 9.17) is 4.42 Å². The predicted molar refractivity (Wildman–Crippen MR) is 86.0 cm³/mol. The molecule has 5 nitrogen and oxygen atoms in total. The number of nitrogens with zero attached hydrogens (tertiary/aromatic N) is 2. The third-order valence-electron chi connectivity index (χ3n) is 4.84. The van der Waals surface area contributed by atoms with Crippen LogP contribution in [0.15, 0.2) is 22.6 Å². The van der Waals surface area contributed by atoms with Crippen LogP contribution in [0.4, 0.5) is 6.01 Å². The third kappa shape index (κ3) is 2.59. The second-order valence-electron chi connectivity index (χ2n) is 6.45. The molecular formula is C17H24N2O3. The summed E-state index contributed by atoms with van der Waals surface area (Å²) < 4.78 is 5.81. The van der Waals surface area contributed by atoms with E-state index >= 15 is 0 Å². The first-order chi connectivity index (χ1) is 10.6. The second-order valence-corrected chi connectivity index (χ2v) is 6.45. The lowest BCUT2D eigenvalue weighted by Crippen LogP contribution is -2.53. The van der Waals surface area contributed by atoms with E-state index in [0.717, 1.165) is 42.5 Å². The van der Waals surface area contributed by atoms with E-state index in [0.29, 0.717) is 12.6 Å². The van der Waals surface area contributed by atoms with Gasteiger partial charge in [0.2, 0.25) is 0 Å². The van der Waals surface area contributed by atoms with Crippen LogP contribution < -0.4 is 4.90 Å². The van der Waals surface area contributed by atoms with Crippen molar-refractivity contribution in [3.8, 4) is 0 Å². The molecule has 5 heteroatoms. The molecule has 1 unspecified atom stereocenters. The number of piperidine rings is 1. The summed E-state index contributed by atoms with van der Waals surface area (Å²) in [5.74, 6) is 0. The van der Waals surface area contributed by atoms with Crippen LogP contribution in [-0.2, 0) is 0 Å². The topological polar surface area (TPSA) is 69.7 Å². The SMILES string of the molecule is CCC[C@]1(CO)CCN(c2nc3cc(C)ccc3o2)CC1O. The van der Waals surface area contributed by atoms with Crippen LogP contribution in [0.3, 0.4) is 0 Å². The molecule has 0 spiro atoms. The Bertz CT molecular complexity index is 654. The van der Waals surface area contributed by atoms with E-state index in [2.05, 4.69) is 11.9 Å². The quantitative estimate of drug-likeness (QED) is 0.908. The Hall–Kier alpha value is -1.59. The van der Waals surface area contributed by atoms with E-state index < -0.39 is 6.10 Å². The predicted octanol–water partition coefficient (Wildman–Crippen LogP) is 2.49. The summed E-state index contributed by atoms with van der Waals surface area (Å²) in [6, 6.07) is 6.48.